The maximum absolute atomic E-state index is 4.33. The van der Waals surface area contributed by atoms with Gasteiger partial charge >= 0.3 is 0 Å². The monoisotopic (exact) mass is 536 g/mol. The average molecular weight is 537 g/mol. The molecular formula is C40H56. The SMILES string of the molecule is C=C1CCCC(C)(C)C1/C=C/C(C)=C/C=C/C(C)=C/C=C/C=C(C)/C=C/C=C(C)/C=C/C=C(\C)CCC=C(C)C. The Morgan fingerprint density at radius 1 is 0.700 bits per heavy atom. The van der Waals surface area contributed by atoms with Crippen LogP contribution in [-0.4, -0.2) is 0 Å². The molecule has 1 aliphatic carbocycles. The van der Waals surface area contributed by atoms with Crippen LogP contribution in [0.1, 0.15) is 94.4 Å². The molecule has 40 heavy (non-hydrogen) atoms. The Labute approximate surface area is 248 Å². The van der Waals surface area contributed by atoms with Crippen LogP contribution in [0.3, 0.4) is 0 Å². The van der Waals surface area contributed by atoms with Gasteiger partial charge in [0.2, 0.25) is 0 Å². The highest BCUT2D eigenvalue weighted by Crippen LogP contribution is 2.43. The van der Waals surface area contributed by atoms with Crippen LogP contribution in [0.25, 0.3) is 0 Å². The summed E-state index contributed by atoms with van der Waals surface area (Å²) < 4.78 is 0. The van der Waals surface area contributed by atoms with Gasteiger partial charge in [0, 0.05) is 5.92 Å². The van der Waals surface area contributed by atoms with Gasteiger partial charge in [-0.15, -0.1) is 0 Å². The van der Waals surface area contributed by atoms with Crippen molar-refractivity contribution in [2.24, 2.45) is 11.3 Å². The lowest BCUT2D eigenvalue weighted by atomic mass is 9.66. The fourth-order valence-corrected chi connectivity index (χ4v) is 4.66. The Morgan fingerprint density at radius 2 is 1.18 bits per heavy atom. The minimum Gasteiger partial charge on any atom is -0.0992 e. The van der Waals surface area contributed by atoms with E-state index in [0.717, 1.165) is 19.3 Å². The lowest BCUT2D eigenvalue weighted by Gasteiger charge is -2.38. The predicted octanol–water partition coefficient (Wildman–Crippen LogP) is 12.6. The van der Waals surface area contributed by atoms with Crippen molar-refractivity contribution >= 4 is 0 Å². The van der Waals surface area contributed by atoms with Crippen LogP contribution in [0.5, 0.6) is 0 Å². The summed E-state index contributed by atoms with van der Waals surface area (Å²) in [5.41, 5.74) is 9.43. The van der Waals surface area contributed by atoms with Gasteiger partial charge in [-0.1, -0.05) is 157 Å². The number of rotatable bonds is 13. The predicted molar refractivity (Wildman–Crippen MR) is 183 cm³/mol. The molecule has 1 rings (SSSR count). The molecule has 0 saturated heterocycles. The van der Waals surface area contributed by atoms with Gasteiger partial charge in [0.1, 0.15) is 0 Å². The second-order valence-electron chi connectivity index (χ2n) is 12.3. The van der Waals surface area contributed by atoms with Gasteiger partial charge in [-0.25, -0.2) is 0 Å². The molecule has 0 heterocycles. The highest BCUT2D eigenvalue weighted by Gasteiger charge is 2.32. The van der Waals surface area contributed by atoms with Crippen LogP contribution in [0.2, 0.25) is 0 Å². The average Bonchev–Trinajstić information content (AvgIpc) is 2.85. The molecule has 0 bridgehead atoms. The van der Waals surface area contributed by atoms with Crippen molar-refractivity contribution in [1.29, 1.82) is 0 Å². The second kappa shape index (κ2) is 19.0. The normalized spacial score (nSPS) is 20.3. The van der Waals surface area contributed by atoms with Crippen molar-refractivity contribution in [3.63, 3.8) is 0 Å². The zero-order valence-corrected chi connectivity index (χ0v) is 27.1. The van der Waals surface area contributed by atoms with Gasteiger partial charge in [0.05, 0.1) is 0 Å². The molecule has 1 fully saturated rings. The van der Waals surface area contributed by atoms with Crippen molar-refractivity contribution < 1.29 is 0 Å². The minimum absolute atomic E-state index is 0.311. The quantitative estimate of drug-likeness (QED) is 0.162. The van der Waals surface area contributed by atoms with Crippen molar-refractivity contribution in [2.75, 3.05) is 0 Å². The van der Waals surface area contributed by atoms with Gasteiger partial charge in [0.15, 0.2) is 0 Å². The molecule has 0 aromatic carbocycles. The molecule has 0 radical (unpaired) electrons. The highest BCUT2D eigenvalue weighted by atomic mass is 14.4. The summed E-state index contributed by atoms with van der Waals surface area (Å²) in [7, 11) is 0. The number of hydrogen-bond acceptors (Lipinski definition) is 0. The van der Waals surface area contributed by atoms with Crippen LogP contribution in [-0.2, 0) is 0 Å². The molecule has 0 N–H and O–H groups in total. The molecule has 1 saturated carbocycles. The molecular weight excluding hydrogens is 480 g/mol. The molecule has 0 aliphatic heterocycles. The van der Waals surface area contributed by atoms with E-state index in [2.05, 4.69) is 166 Å². The van der Waals surface area contributed by atoms with E-state index in [1.807, 2.05) is 0 Å². The molecule has 0 aromatic rings. The minimum atomic E-state index is 0.311. The van der Waals surface area contributed by atoms with E-state index in [0.29, 0.717) is 11.3 Å². The third kappa shape index (κ3) is 16.1. The van der Waals surface area contributed by atoms with Gasteiger partial charge in [-0.2, -0.15) is 0 Å². The van der Waals surface area contributed by atoms with E-state index in [1.165, 1.54) is 51.9 Å². The van der Waals surface area contributed by atoms with Gasteiger partial charge < -0.3 is 0 Å². The zero-order valence-electron chi connectivity index (χ0n) is 27.1. The Hall–Kier alpha value is -3.12. The summed E-state index contributed by atoms with van der Waals surface area (Å²) in [6.07, 6.45) is 40.7. The van der Waals surface area contributed by atoms with Crippen LogP contribution in [0.15, 0.2) is 143 Å². The Morgan fingerprint density at radius 3 is 1.68 bits per heavy atom. The smallest absolute Gasteiger partial charge is 0.00285 e. The Balaban J connectivity index is 2.56. The highest BCUT2D eigenvalue weighted by molar-refractivity contribution is 5.32. The van der Waals surface area contributed by atoms with Crippen LogP contribution in [0.4, 0.5) is 0 Å². The number of allylic oxidation sites excluding steroid dienone is 23. The molecule has 0 amide bonds. The van der Waals surface area contributed by atoms with E-state index in [1.54, 1.807) is 0 Å². The maximum Gasteiger partial charge on any atom is 0.00285 e. The standard InChI is InChI=1S/C40H56/c1-32(2)18-13-21-35(5)24-15-26-36(6)25-14-22-33(3)19-11-12-20-34(4)23-16-27-37(7)29-30-39-38(8)28-17-31-40(39,9)10/h11-12,14-16,18-20,22-27,29-30,39H,8,13,17,21,28,31H2,1-7,9-10H3/b12-11+,22-14+,23-16+,26-15+,30-29+,33-19+,34-20+,35-24+,36-25+,37-27+. The zero-order chi connectivity index (χ0) is 30.0. The lowest BCUT2D eigenvalue weighted by molar-refractivity contribution is 0.228. The fraction of sp³-hybridized carbons (Fsp3) is 0.400. The largest absolute Gasteiger partial charge is 0.0992 e. The Kier molecular flexibility index (Phi) is 16.6. The van der Waals surface area contributed by atoms with Crippen LogP contribution >= 0.6 is 0 Å². The first-order chi connectivity index (χ1) is 18.9. The molecule has 1 aliphatic rings. The van der Waals surface area contributed by atoms with E-state index in [-0.39, 0.29) is 0 Å². The Bertz CT molecular complexity index is 1150. The summed E-state index contributed by atoms with van der Waals surface area (Å²) >= 11 is 0. The van der Waals surface area contributed by atoms with Gasteiger partial charge in [-0.05, 0) is 86.0 Å². The number of hydrogen-bond donors (Lipinski definition) is 0. The van der Waals surface area contributed by atoms with Crippen molar-refractivity contribution in [1.82, 2.24) is 0 Å². The van der Waals surface area contributed by atoms with E-state index < -0.39 is 0 Å². The van der Waals surface area contributed by atoms with Crippen molar-refractivity contribution in [3.05, 3.63) is 143 Å². The van der Waals surface area contributed by atoms with E-state index in [4.69, 9.17) is 0 Å². The third-order valence-corrected chi connectivity index (χ3v) is 7.25. The third-order valence-electron chi connectivity index (χ3n) is 7.25. The lowest BCUT2D eigenvalue weighted by Crippen LogP contribution is -2.27. The molecule has 216 valence electrons. The van der Waals surface area contributed by atoms with Crippen molar-refractivity contribution in [2.45, 2.75) is 94.4 Å². The van der Waals surface area contributed by atoms with Crippen LogP contribution in [0, 0.1) is 11.3 Å². The summed E-state index contributed by atoms with van der Waals surface area (Å²) in [6, 6.07) is 0. The molecule has 0 aromatic heterocycles. The van der Waals surface area contributed by atoms with E-state index in [9.17, 15) is 0 Å². The summed E-state index contributed by atoms with van der Waals surface area (Å²) in [5, 5.41) is 0. The summed E-state index contributed by atoms with van der Waals surface area (Å²) in [5.74, 6) is 0.475. The van der Waals surface area contributed by atoms with Gasteiger partial charge in [-0.3, -0.25) is 0 Å². The topological polar surface area (TPSA) is 0 Å². The second-order valence-corrected chi connectivity index (χ2v) is 12.3. The first-order valence-electron chi connectivity index (χ1n) is 15.0. The van der Waals surface area contributed by atoms with Crippen molar-refractivity contribution in [3.8, 4) is 0 Å². The van der Waals surface area contributed by atoms with Gasteiger partial charge in [0.25, 0.3) is 0 Å². The maximum atomic E-state index is 4.33. The summed E-state index contributed by atoms with van der Waals surface area (Å²) in [6.45, 7) is 24.1. The summed E-state index contributed by atoms with van der Waals surface area (Å²) in [4.78, 5) is 0. The molecule has 1 atom stereocenters. The first kappa shape index (κ1) is 34.9. The molecule has 0 heteroatoms. The molecule has 1 unspecified atom stereocenters. The van der Waals surface area contributed by atoms with Crippen LogP contribution < -0.4 is 0 Å². The fourth-order valence-electron chi connectivity index (χ4n) is 4.66. The first-order valence-corrected chi connectivity index (χ1v) is 15.0. The molecule has 0 nitrogen and oxygen atoms in total. The van der Waals surface area contributed by atoms with E-state index >= 15 is 0 Å². The molecule has 0 spiro atoms.